The minimum atomic E-state index is -0.0562. The summed E-state index contributed by atoms with van der Waals surface area (Å²) in [5.41, 5.74) is 7.00. The highest BCUT2D eigenvalue weighted by Crippen LogP contribution is 2.66. The number of hydrogen-bond acceptors (Lipinski definition) is 5. The molecule has 7 atom stereocenters. The molecule has 4 aliphatic carbocycles. The van der Waals surface area contributed by atoms with Gasteiger partial charge in [-0.3, -0.25) is 4.79 Å². The summed E-state index contributed by atoms with van der Waals surface area (Å²) < 4.78 is 5.69. The standard InChI is InChI=1S/C23H38N2O3/c1-22-8-6-16(25-28-11-10-24)13-20(22)15(14-27-3)12-17-18-4-5-21(26)23(18,2)9-7-19(17)22/h15,17-20H,4-14,24H2,1-3H3/b25-16-/t15-,17+,18+,19+,20?,22-,23+/m1/s1. The second-order valence-electron chi connectivity index (χ2n) is 10.3. The van der Waals surface area contributed by atoms with Gasteiger partial charge in [0.15, 0.2) is 0 Å². The van der Waals surface area contributed by atoms with E-state index >= 15 is 0 Å². The van der Waals surface area contributed by atoms with Crippen molar-refractivity contribution >= 4 is 11.5 Å². The second-order valence-corrected chi connectivity index (χ2v) is 10.3. The van der Waals surface area contributed by atoms with E-state index in [2.05, 4.69) is 19.0 Å². The molecule has 0 amide bonds. The number of carbonyl (C=O) groups excluding carboxylic acids is 1. The summed E-state index contributed by atoms with van der Waals surface area (Å²) in [7, 11) is 1.83. The van der Waals surface area contributed by atoms with E-state index in [1.54, 1.807) is 0 Å². The molecule has 4 rings (SSSR count). The maximum Gasteiger partial charge on any atom is 0.139 e. The van der Waals surface area contributed by atoms with E-state index in [4.69, 9.17) is 15.3 Å². The lowest BCUT2D eigenvalue weighted by atomic mass is 9.43. The maximum absolute atomic E-state index is 12.7. The number of methoxy groups -OCH3 is 1. The van der Waals surface area contributed by atoms with Crippen LogP contribution < -0.4 is 5.73 Å². The molecule has 0 aromatic carbocycles. The molecule has 0 saturated heterocycles. The molecular formula is C23H38N2O3. The van der Waals surface area contributed by atoms with Gasteiger partial charge in [-0.1, -0.05) is 19.0 Å². The summed E-state index contributed by atoms with van der Waals surface area (Å²) in [4.78, 5) is 18.1. The van der Waals surface area contributed by atoms with Crippen LogP contribution in [0.2, 0.25) is 0 Å². The molecule has 4 saturated carbocycles. The van der Waals surface area contributed by atoms with Crippen molar-refractivity contribution in [2.24, 2.45) is 51.3 Å². The quantitative estimate of drug-likeness (QED) is 0.572. The van der Waals surface area contributed by atoms with Crippen molar-refractivity contribution in [3.05, 3.63) is 0 Å². The third kappa shape index (κ3) is 3.13. The summed E-state index contributed by atoms with van der Waals surface area (Å²) >= 11 is 0. The van der Waals surface area contributed by atoms with E-state index in [0.29, 0.717) is 48.0 Å². The van der Waals surface area contributed by atoms with Gasteiger partial charge < -0.3 is 15.3 Å². The van der Waals surface area contributed by atoms with Gasteiger partial charge in [-0.15, -0.1) is 0 Å². The molecule has 4 fully saturated rings. The number of oxime groups is 1. The molecule has 4 aliphatic rings. The van der Waals surface area contributed by atoms with Crippen LogP contribution in [0.25, 0.3) is 0 Å². The fraction of sp³-hybridized carbons (Fsp3) is 0.913. The molecule has 0 heterocycles. The van der Waals surface area contributed by atoms with Crippen LogP contribution in [-0.2, 0) is 14.4 Å². The van der Waals surface area contributed by atoms with Gasteiger partial charge in [0, 0.05) is 32.1 Å². The van der Waals surface area contributed by atoms with Crippen LogP contribution in [0.15, 0.2) is 5.16 Å². The first kappa shape index (κ1) is 20.3. The summed E-state index contributed by atoms with van der Waals surface area (Å²) in [5, 5.41) is 4.42. The average molecular weight is 391 g/mol. The van der Waals surface area contributed by atoms with Crippen molar-refractivity contribution in [3.8, 4) is 0 Å². The normalized spacial score (nSPS) is 46.8. The number of ether oxygens (including phenoxy) is 1. The summed E-state index contributed by atoms with van der Waals surface area (Å²) in [6.45, 7) is 6.62. The van der Waals surface area contributed by atoms with Crippen LogP contribution in [0.1, 0.15) is 65.2 Å². The molecule has 0 bridgehead atoms. The fourth-order valence-corrected chi connectivity index (χ4v) is 7.74. The van der Waals surface area contributed by atoms with E-state index in [1.165, 1.54) is 25.0 Å². The number of nitrogens with two attached hydrogens (primary N) is 1. The Kier molecular flexibility index (Phi) is 5.60. The van der Waals surface area contributed by atoms with Gasteiger partial charge in [0.1, 0.15) is 12.4 Å². The molecule has 0 aromatic rings. The highest BCUT2D eigenvalue weighted by molar-refractivity contribution is 5.87. The number of carbonyl (C=O) groups is 1. The van der Waals surface area contributed by atoms with Gasteiger partial charge >= 0.3 is 0 Å². The molecule has 0 aromatic heterocycles. The van der Waals surface area contributed by atoms with E-state index in [9.17, 15) is 4.79 Å². The lowest BCUT2D eigenvalue weighted by Crippen LogP contribution is -2.57. The Balaban J connectivity index is 1.60. The molecule has 1 unspecified atom stereocenters. The minimum Gasteiger partial charge on any atom is -0.395 e. The molecule has 5 nitrogen and oxygen atoms in total. The van der Waals surface area contributed by atoms with Gasteiger partial charge in [0.05, 0.1) is 5.71 Å². The molecular weight excluding hydrogens is 352 g/mol. The Hall–Kier alpha value is -0.940. The van der Waals surface area contributed by atoms with Crippen LogP contribution in [0.3, 0.4) is 0 Å². The molecule has 0 spiro atoms. The largest absolute Gasteiger partial charge is 0.395 e. The Morgan fingerprint density at radius 3 is 2.71 bits per heavy atom. The lowest BCUT2D eigenvalue weighted by molar-refractivity contribution is -0.145. The molecule has 28 heavy (non-hydrogen) atoms. The number of hydrogen-bond donors (Lipinski definition) is 1. The van der Waals surface area contributed by atoms with E-state index in [-0.39, 0.29) is 5.41 Å². The SMILES string of the molecule is COC[C@H]1C[C@@H]2[C@H](CC[C@]3(C)C(=O)CC[C@@H]23)[C@@]2(C)CC/C(=N/OCCN)CC12. The summed E-state index contributed by atoms with van der Waals surface area (Å²) in [6, 6.07) is 0. The minimum absolute atomic E-state index is 0.0562. The number of ketones is 1. The number of Topliss-reactive ketones (excluding diaryl/α,β-unsaturated/α-hetero) is 1. The average Bonchev–Trinajstić information content (AvgIpc) is 2.98. The predicted octanol–water partition coefficient (Wildman–Crippen LogP) is 3.80. The lowest BCUT2D eigenvalue weighted by Gasteiger charge is -2.61. The zero-order chi connectivity index (χ0) is 19.9. The maximum atomic E-state index is 12.7. The van der Waals surface area contributed by atoms with Crippen molar-refractivity contribution in [3.63, 3.8) is 0 Å². The summed E-state index contributed by atoms with van der Waals surface area (Å²) in [5.74, 6) is 3.68. The van der Waals surface area contributed by atoms with Gasteiger partial charge in [0.25, 0.3) is 0 Å². The molecule has 0 aliphatic heterocycles. The molecule has 2 N–H and O–H groups in total. The van der Waals surface area contributed by atoms with Crippen molar-refractivity contribution in [1.82, 2.24) is 0 Å². The Bertz CT molecular complexity index is 635. The molecule has 0 radical (unpaired) electrons. The Morgan fingerprint density at radius 1 is 1.14 bits per heavy atom. The third-order valence-corrected chi connectivity index (χ3v) is 9.18. The van der Waals surface area contributed by atoms with Gasteiger partial charge in [-0.05, 0) is 80.0 Å². The van der Waals surface area contributed by atoms with Crippen LogP contribution in [-0.4, -0.2) is 38.4 Å². The van der Waals surface area contributed by atoms with Crippen LogP contribution in [0, 0.1) is 40.4 Å². The zero-order valence-corrected chi connectivity index (χ0v) is 17.9. The zero-order valence-electron chi connectivity index (χ0n) is 17.9. The van der Waals surface area contributed by atoms with Crippen LogP contribution >= 0.6 is 0 Å². The number of fused-ring (bicyclic) bond motifs is 5. The van der Waals surface area contributed by atoms with Gasteiger partial charge in [0.2, 0.25) is 0 Å². The highest BCUT2D eigenvalue weighted by atomic mass is 16.6. The van der Waals surface area contributed by atoms with Crippen molar-refractivity contribution < 1.29 is 14.4 Å². The Labute approximate surface area is 169 Å². The predicted molar refractivity (Wildman–Crippen MR) is 110 cm³/mol. The highest BCUT2D eigenvalue weighted by Gasteiger charge is 2.61. The number of rotatable bonds is 5. The number of nitrogens with zero attached hydrogens (tertiary/aromatic N) is 1. The van der Waals surface area contributed by atoms with Crippen LogP contribution in [0.4, 0.5) is 0 Å². The smallest absolute Gasteiger partial charge is 0.139 e. The first-order valence-corrected chi connectivity index (χ1v) is 11.3. The van der Waals surface area contributed by atoms with Crippen molar-refractivity contribution in [1.29, 1.82) is 0 Å². The van der Waals surface area contributed by atoms with E-state index in [1.807, 2.05) is 7.11 Å². The van der Waals surface area contributed by atoms with E-state index < -0.39 is 0 Å². The van der Waals surface area contributed by atoms with Gasteiger partial charge in [-0.2, -0.15) is 0 Å². The van der Waals surface area contributed by atoms with Crippen molar-refractivity contribution in [2.45, 2.75) is 65.2 Å². The fourth-order valence-electron chi connectivity index (χ4n) is 7.74. The topological polar surface area (TPSA) is 73.9 Å². The monoisotopic (exact) mass is 390 g/mol. The van der Waals surface area contributed by atoms with Crippen LogP contribution in [0.5, 0.6) is 0 Å². The first-order valence-electron chi connectivity index (χ1n) is 11.3. The van der Waals surface area contributed by atoms with Crippen molar-refractivity contribution in [2.75, 3.05) is 26.9 Å². The van der Waals surface area contributed by atoms with Gasteiger partial charge in [-0.25, -0.2) is 0 Å². The molecule has 5 heteroatoms. The second kappa shape index (κ2) is 7.71. The van der Waals surface area contributed by atoms with E-state index in [0.717, 1.165) is 44.6 Å². The Morgan fingerprint density at radius 2 is 1.96 bits per heavy atom. The summed E-state index contributed by atoms with van der Waals surface area (Å²) in [6.07, 6.45) is 8.66. The third-order valence-electron chi connectivity index (χ3n) is 9.18. The molecule has 158 valence electrons. The first-order chi connectivity index (χ1) is 13.4.